The molecule has 0 amide bonds. The number of benzene rings is 1. The molecule has 0 spiro atoms. The lowest BCUT2D eigenvalue weighted by Gasteiger charge is -2.09. The first kappa shape index (κ1) is 10.1. The average molecular weight is 219 g/mol. The standard InChI is InChI=1S/C9H12Cl2Si/c1-8(12(10)11)7-9-5-3-2-4-6-9/h2-6,8,12H,7H2,1H3. The van der Waals surface area contributed by atoms with Crippen LogP contribution in [0.1, 0.15) is 12.5 Å². The van der Waals surface area contributed by atoms with Crippen LogP contribution >= 0.6 is 22.2 Å². The molecular weight excluding hydrogens is 207 g/mol. The van der Waals surface area contributed by atoms with Crippen molar-refractivity contribution in [1.29, 1.82) is 0 Å². The monoisotopic (exact) mass is 218 g/mol. The van der Waals surface area contributed by atoms with Crippen LogP contribution in [0.15, 0.2) is 30.3 Å². The fourth-order valence-corrected chi connectivity index (χ4v) is 2.06. The molecule has 66 valence electrons. The molecule has 0 radical (unpaired) electrons. The molecule has 1 aromatic rings. The third kappa shape index (κ3) is 3.17. The highest BCUT2D eigenvalue weighted by Crippen LogP contribution is 2.21. The summed E-state index contributed by atoms with van der Waals surface area (Å²) in [6.07, 6.45) is 1.00. The van der Waals surface area contributed by atoms with E-state index in [1.165, 1.54) is 5.56 Å². The highest BCUT2D eigenvalue weighted by Gasteiger charge is 2.13. The van der Waals surface area contributed by atoms with E-state index in [2.05, 4.69) is 19.1 Å². The fourth-order valence-electron chi connectivity index (χ4n) is 1.07. The number of rotatable bonds is 3. The summed E-state index contributed by atoms with van der Waals surface area (Å²) in [5, 5.41) is 0. The average Bonchev–Trinajstić information content (AvgIpc) is 2.06. The molecule has 1 rings (SSSR count). The molecule has 0 bridgehead atoms. The molecule has 0 nitrogen and oxygen atoms in total. The van der Waals surface area contributed by atoms with Gasteiger partial charge in [0.25, 0.3) is 0 Å². The summed E-state index contributed by atoms with van der Waals surface area (Å²) < 4.78 is 0. The summed E-state index contributed by atoms with van der Waals surface area (Å²) in [6, 6.07) is 10.3. The van der Waals surface area contributed by atoms with Crippen LogP contribution in [0.25, 0.3) is 0 Å². The van der Waals surface area contributed by atoms with Gasteiger partial charge in [-0.2, -0.15) is 22.2 Å². The Morgan fingerprint density at radius 1 is 1.25 bits per heavy atom. The normalized spacial score (nSPS) is 13.3. The van der Waals surface area contributed by atoms with Gasteiger partial charge in [-0.3, -0.25) is 0 Å². The summed E-state index contributed by atoms with van der Waals surface area (Å²) in [7, 11) is -1.49. The minimum Gasteiger partial charge on any atom is -0.150 e. The van der Waals surface area contributed by atoms with Crippen LogP contribution in [0, 0.1) is 0 Å². The largest absolute Gasteiger partial charge is 0.240 e. The van der Waals surface area contributed by atoms with Crippen molar-refractivity contribution in [1.82, 2.24) is 0 Å². The molecule has 3 heteroatoms. The second-order valence-electron chi connectivity index (χ2n) is 3.00. The lowest BCUT2D eigenvalue weighted by molar-refractivity contribution is 0.909. The summed E-state index contributed by atoms with van der Waals surface area (Å²) in [5.41, 5.74) is 1.78. The van der Waals surface area contributed by atoms with Gasteiger partial charge in [0.05, 0.1) is 0 Å². The van der Waals surface area contributed by atoms with Crippen LogP contribution in [-0.2, 0) is 6.42 Å². The van der Waals surface area contributed by atoms with Gasteiger partial charge >= 0.3 is 0 Å². The summed E-state index contributed by atoms with van der Waals surface area (Å²) >= 11 is 11.8. The Labute approximate surface area is 84.5 Å². The maximum Gasteiger partial charge on any atom is 0.240 e. The maximum absolute atomic E-state index is 5.88. The van der Waals surface area contributed by atoms with Gasteiger partial charge in [0, 0.05) is 0 Å². The molecule has 1 atom stereocenters. The predicted molar refractivity (Wildman–Crippen MR) is 58.4 cm³/mol. The second-order valence-corrected chi connectivity index (χ2v) is 8.30. The smallest absolute Gasteiger partial charge is 0.150 e. The van der Waals surface area contributed by atoms with Crippen LogP contribution in [0.4, 0.5) is 0 Å². The number of halogens is 2. The van der Waals surface area contributed by atoms with Gasteiger partial charge in [0.1, 0.15) is 0 Å². The minimum absolute atomic E-state index is 0.454. The maximum atomic E-state index is 5.88. The van der Waals surface area contributed by atoms with Crippen LogP contribution in [0.3, 0.4) is 0 Å². The van der Waals surface area contributed by atoms with Crippen molar-refractivity contribution in [2.24, 2.45) is 0 Å². The molecule has 0 heterocycles. The molecule has 12 heavy (non-hydrogen) atoms. The van der Waals surface area contributed by atoms with E-state index in [-0.39, 0.29) is 0 Å². The molecule has 0 saturated carbocycles. The Hall–Kier alpha value is 0.0169. The van der Waals surface area contributed by atoms with E-state index >= 15 is 0 Å². The molecule has 1 unspecified atom stereocenters. The highest BCUT2D eigenvalue weighted by atomic mass is 35.7. The molecule has 1 aromatic carbocycles. The van der Waals surface area contributed by atoms with Crippen molar-refractivity contribution in [3.63, 3.8) is 0 Å². The van der Waals surface area contributed by atoms with Crippen molar-refractivity contribution in [3.8, 4) is 0 Å². The van der Waals surface area contributed by atoms with Gasteiger partial charge in [-0.25, -0.2) is 0 Å². The van der Waals surface area contributed by atoms with Gasteiger partial charge in [-0.15, -0.1) is 0 Å². The van der Waals surface area contributed by atoms with Crippen LogP contribution < -0.4 is 0 Å². The van der Waals surface area contributed by atoms with Crippen LogP contribution in [0.5, 0.6) is 0 Å². The van der Waals surface area contributed by atoms with Gasteiger partial charge in [0.2, 0.25) is 7.42 Å². The lowest BCUT2D eigenvalue weighted by Crippen LogP contribution is -2.05. The third-order valence-corrected chi connectivity index (χ3v) is 5.51. The Morgan fingerprint density at radius 2 is 1.83 bits per heavy atom. The molecule has 0 N–H and O–H groups in total. The first-order chi connectivity index (χ1) is 5.70. The van der Waals surface area contributed by atoms with Gasteiger partial charge < -0.3 is 0 Å². The second kappa shape index (κ2) is 4.90. The fraction of sp³-hybridized carbons (Fsp3) is 0.333. The zero-order valence-corrected chi connectivity index (χ0v) is 9.67. The molecule has 0 fully saturated rings. The highest BCUT2D eigenvalue weighted by molar-refractivity contribution is 7.34. The number of hydrogen-bond acceptors (Lipinski definition) is 0. The Bertz CT molecular complexity index is 223. The van der Waals surface area contributed by atoms with Gasteiger partial charge in [-0.1, -0.05) is 37.3 Å². The summed E-state index contributed by atoms with van der Waals surface area (Å²) in [6.45, 7) is 2.11. The molecule has 0 aliphatic rings. The van der Waals surface area contributed by atoms with Gasteiger partial charge in [0.15, 0.2) is 0 Å². The SMILES string of the molecule is CC(Cc1ccccc1)[SiH](Cl)Cl. The van der Waals surface area contributed by atoms with Crippen molar-refractivity contribution in [2.75, 3.05) is 0 Å². The quantitative estimate of drug-likeness (QED) is 0.540. The van der Waals surface area contributed by atoms with Crippen LogP contribution in [0.2, 0.25) is 5.54 Å². The van der Waals surface area contributed by atoms with Crippen molar-refractivity contribution < 1.29 is 0 Å². The topological polar surface area (TPSA) is 0 Å². The predicted octanol–water partition coefficient (Wildman–Crippen LogP) is 3.32. The summed E-state index contributed by atoms with van der Waals surface area (Å²) in [5.74, 6) is 0. The first-order valence-corrected chi connectivity index (χ1v) is 8.18. The molecule has 0 aliphatic heterocycles. The van der Waals surface area contributed by atoms with Crippen molar-refractivity contribution in [3.05, 3.63) is 35.9 Å². The Balaban J connectivity index is 2.53. The molecule has 0 aliphatic carbocycles. The molecule has 0 saturated heterocycles. The molecular formula is C9H12Cl2Si. The van der Waals surface area contributed by atoms with E-state index in [4.69, 9.17) is 22.2 Å². The van der Waals surface area contributed by atoms with Crippen molar-refractivity contribution >= 4 is 29.6 Å². The zero-order chi connectivity index (χ0) is 8.97. The van der Waals surface area contributed by atoms with Crippen molar-refractivity contribution in [2.45, 2.75) is 18.9 Å². The van der Waals surface area contributed by atoms with E-state index in [0.717, 1.165) is 6.42 Å². The third-order valence-electron chi connectivity index (χ3n) is 1.83. The van der Waals surface area contributed by atoms with E-state index < -0.39 is 7.42 Å². The van der Waals surface area contributed by atoms with E-state index in [0.29, 0.717) is 5.54 Å². The van der Waals surface area contributed by atoms with E-state index in [1.54, 1.807) is 0 Å². The number of hydrogen-bond donors (Lipinski definition) is 0. The van der Waals surface area contributed by atoms with E-state index in [1.807, 2.05) is 18.2 Å². The lowest BCUT2D eigenvalue weighted by atomic mass is 10.1. The Kier molecular flexibility index (Phi) is 4.13. The molecule has 0 aromatic heterocycles. The minimum atomic E-state index is -1.49. The Morgan fingerprint density at radius 3 is 2.33 bits per heavy atom. The summed E-state index contributed by atoms with van der Waals surface area (Å²) in [4.78, 5) is 0. The van der Waals surface area contributed by atoms with E-state index in [9.17, 15) is 0 Å². The first-order valence-electron chi connectivity index (χ1n) is 4.02. The van der Waals surface area contributed by atoms with Crippen LogP contribution in [-0.4, -0.2) is 7.42 Å². The zero-order valence-electron chi connectivity index (χ0n) is 7.00. The van der Waals surface area contributed by atoms with Gasteiger partial charge in [-0.05, 0) is 17.5 Å².